The number of fused-ring (bicyclic) bond motifs is 6. The summed E-state index contributed by atoms with van der Waals surface area (Å²) in [7, 11) is 0. The Kier molecular flexibility index (Phi) is 6.74. The van der Waals surface area contributed by atoms with Crippen LogP contribution in [-0.4, -0.2) is 19.1 Å². The van der Waals surface area contributed by atoms with Crippen LogP contribution in [0.25, 0.3) is 66.5 Å². The predicted octanol–water partition coefficient (Wildman–Crippen LogP) is 11.8. The van der Waals surface area contributed by atoms with Gasteiger partial charge in [0.1, 0.15) is 11.6 Å². The van der Waals surface area contributed by atoms with E-state index < -0.39 is 0 Å². The van der Waals surface area contributed by atoms with E-state index in [0.717, 1.165) is 50.7 Å². The highest BCUT2D eigenvalue weighted by Gasteiger charge is 2.21. The largest absolute Gasteiger partial charge is 0.309 e. The molecule has 0 saturated heterocycles. The maximum atomic E-state index is 5.29. The predicted molar refractivity (Wildman–Crippen MR) is 211 cm³/mol. The Labute approximate surface area is 294 Å². The molecule has 0 aliphatic rings. The van der Waals surface area contributed by atoms with Crippen molar-refractivity contribution in [2.45, 2.75) is 0 Å². The van der Waals surface area contributed by atoms with E-state index in [1.807, 2.05) is 30.3 Å². The van der Waals surface area contributed by atoms with Crippen molar-refractivity contribution in [2.75, 3.05) is 4.90 Å². The number of para-hydroxylation sites is 5. The van der Waals surface area contributed by atoms with Gasteiger partial charge in [-0.05, 0) is 60.7 Å². The quantitative estimate of drug-likeness (QED) is 0.179. The maximum Gasteiger partial charge on any atom is 0.163 e. The molecule has 0 saturated carbocycles. The molecule has 0 fully saturated rings. The zero-order valence-corrected chi connectivity index (χ0v) is 27.6. The minimum absolute atomic E-state index is 0.660. The molecule has 0 aliphatic carbocycles. The molecule has 0 atom stereocenters. The molecule has 0 spiro atoms. The van der Waals surface area contributed by atoms with Crippen molar-refractivity contribution in [3.8, 4) is 22.9 Å². The lowest BCUT2D eigenvalue weighted by molar-refractivity contribution is 1.03. The molecule has 5 heteroatoms. The maximum absolute atomic E-state index is 5.29. The van der Waals surface area contributed by atoms with Crippen LogP contribution >= 0.6 is 0 Å². The fourth-order valence-electron chi connectivity index (χ4n) is 7.48. The van der Waals surface area contributed by atoms with Crippen LogP contribution in [0.15, 0.2) is 188 Å². The van der Waals surface area contributed by atoms with Crippen LogP contribution in [0.1, 0.15) is 0 Å². The van der Waals surface area contributed by atoms with Crippen LogP contribution in [0.3, 0.4) is 0 Å². The van der Waals surface area contributed by atoms with Crippen molar-refractivity contribution in [3.05, 3.63) is 188 Å². The molecule has 51 heavy (non-hydrogen) atoms. The normalized spacial score (nSPS) is 11.5. The van der Waals surface area contributed by atoms with E-state index in [2.05, 4.69) is 172 Å². The summed E-state index contributed by atoms with van der Waals surface area (Å²) >= 11 is 0. The van der Waals surface area contributed by atoms with Gasteiger partial charge in [-0.25, -0.2) is 9.97 Å². The fourth-order valence-corrected chi connectivity index (χ4v) is 7.48. The van der Waals surface area contributed by atoms with Crippen LogP contribution in [0.4, 0.5) is 17.2 Å². The van der Waals surface area contributed by atoms with Gasteiger partial charge in [0.2, 0.25) is 0 Å². The number of hydrogen-bond donors (Lipinski definition) is 0. The SMILES string of the molecule is c1ccc(-c2nc(N(c3ccccc3)c3ccccc3)cc(-n3c4ccccc4c4cc(-n5c6ccccc6c6ccccc65)ccc43)n2)cc1. The van der Waals surface area contributed by atoms with E-state index in [0.29, 0.717) is 5.82 Å². The van der Waals surface area contributed by atoms with Crippen LogP contribution in [0.2, 0.25) is 0 Å². The number of rotatable bonds is 6. The second-order valence-electron chi connectivity index (χ2n) is 12.7. The number of aromatic nitrogens is 4. The Morgan fingerprint density at radius 1 is 0.373 bits per heavy atom. The fraction of sp³-hybridized carbons (Fsp3) is 0. The molecule has 0 unspecified atom stereocenters. The molecule has 7 aromatic carbocycles. The highest BCUT2D eigenvalue weighted by molar-refractivity contribution is 6.12. The second kappa shape index (κ2) is 11.9. The summed E-state index contributed by atoms with van der Waals surface area (Å²) in [6.45, 7) is 0. The third-order valence-electron chi connectivity index (χ3n) is 9.71. The lowest BCUT2D eigenvalue weighted by Crippen LogP contribution is -2.13. The first-order valence-electron chi connectivity index (χ1n) is 17.2. The topological polar surface area (TPSA) is 38.9 Å². The molecule has 0 radical (unpaired) electrons. The Morgan fingerprint density at radius 2 is 0.843 bits per heavy atom. The van der Waals surface area contributed by atoms with Crippen LogP contribution in [-0.2, 0) is 0 Å². The number of anilines is 3. The van der Waals surface area contributed by atoms with E-state index in [-0.39, 0.29) is 0 Å². The third kappa shape index (κ3) is 4.78. The molecular formula is C46H31N5. The first-order chi connectivity index (χ1) is 25.3. The van der Waals surface area contributed by atoms with Crippen molar-refractivity contribution in [2.24, 2.45) is 0 Å². The molecule has 10 aromatic rings. The van der Waals surface area contributed by atoms with Gasteiger partial charge in [-0.2, -0.15) is 0 Å². The van der Waals surface area contributed by atoms with Gasteiger partial charge in [-0.3, -0.25) is 9.47 Å². The summed E-state index contributed by atoms with van der Waals surface area (Å²) < 4.78 is 4.66. The van der Waals surface area contributed by atoms with Gasteiger partial charge >= 0.3 is 0 Å². The average molecular weight is 654 g/mol. The standard InChI is InChI=1S/C46H31N5/c1-4-16-32(17-5-1)46-47-44(49(33-18-6-2-7-19-33)34-20-8-3-9-21-34)31-45(48-46)51-42-27-15-12-24-38(42)39-30-35(28-29-43(39)51)50-40-25-13-10-22-36(40)37-23-11-14-26-41(37)50/h1-31H. The minimum atomic E-state index is 0.660. The average Bonchev–Trinajstić information content (AvgIpc) is 3.72. The van der Waals surface area contributed by atoms with Gasteiger partial charge in [0.05, 0.1) is 22.1 Å². The first-order valence-corrected chi connectivity index (χ1v) is 17.2. The molecule has 3 heterocycles. The third-order valence-corrected chi connectivity index (χ3v) is 9.71. The molecule has 0 aliphatic heterocycles. The Hall–Kier alpha value is -6.98. The van der Waals surface area contributed by atoms with Gasteiger partial charge in [0.15, 0.2) is 5.82 Å². The molecule has 240 valence electrons. The molecule has 10 rings (SSSR count). The summed E-state index contributed by atoms with van der Waals surface area (Å²) in [5.41, 5.74) is 8.66. The van der Waals surface area contributed by atoms with Crippen LogP contribution in [0.5, 0.6) is 0 Å². The molecule has 0 N–H and O–H groups in total. The van der Waals surface area contributed by atoms with E-state index >= 15 is 0 Å². The number of hydrogen-bond acceptors (Lipinski definition) is 3. The van der Waals surface area contributed by atoms with Crippen molar-refractivity contribution < 1.29 is 0 Å². The van der Waals surface area contributed by atoms with Gasteiger partial charge < -0.3 is 4.57 Å². The van der Waals surface area contributed by atoms with Gasteiger partial charge in [-0.15, -0.1) is 0 Å². The van der Waals surface area contributed by atoms with Crippen molar-refractivity contribution in [3.63, 3.8) is 0 Å². The van der Waals surface area contributed by atoms with E-state index in [4.69, 9.17) is 9.97 Å². The zero-order chi connectivity index (χ0) is 33.7. The van der Waals surface area contributed by atoms with Crippen molar-refractivity contribution >= 4 is 60.8 Å². The summed E-state index contributed by atoms with van der Waals surface area (Å²) in [5, 5.41) is 4.83. The zero-order valence-electron chi connectivity index (χ0n) is 27.6. The second-order valence-corrected chi connectivity index (χ2v) is 12.7. The first kappa shape index (κ1) is 29.0. The molecule has 0 bridgehead atoms. The molecular weight excluding hydrogens is 623 g/mol. The van der Waals surface area contributed by atoms with Crippen LogP contribution in [0, 0.1) is 0 Å². The van der Waals surface area contributed by atoms with Gasteiger partial charge in [-0.1, -0.05) is 121 Å². The summed E-state index contributed by atoms with van der Waals surface area (Å²) in [4.78, 5) is 12.7. The van der Waals surface area contributed by atoms with Crippen molar-refractivity contribution in [1.82, 2.24) is 19.1 Å². The summed E-state index contributed by atoms with van der Waals surface area (Å²) in [6.07, 6.45) is 0. The number of nitrogens with zero attached hydrogens (tertiary/aromatic N) is 5. The Bertz CT molecular complexity index is 2760. The van der Waals surface area contributed by atoms with Crippen LogP contribution < -0.4 is 4.90 Å². The minimum Gasteiger partial charge on any atom is -0.309 e. The van der Waals surface area contributed by atoms with E-state index in [9.17, 15) is 0 Å². The Balaban J connectivity index is 1.24. The molecule has 5 nitrogen and oxygen atoms in total. The monoisotopic (exact) mass is 653 g/mol. The summed E-state index contributed by atoms with van der Waals surface area (Å²) in [6, 6.07) is 65.9. The molecule has 3 aromatic heterocycles. The van der Waals surface area contributed by atoms with Crippen molar-refractivity contribution in [1.29, 1.82) is 0 Å². The lowest BCUT2D eigenvalue weighted by atomic mass is 10.1. The number of benzene rings is 7. The Morgan fingerprint density at radius 3 is 1.43 bits per heavy atom. The van der Waals surface area contributed by atoms with E-state index in [1.54, 1.807) is 0 Å². The summed E-state index contributed by atoms with van der Waals surface area (Å²) in [5.74, 6) is 2.24. The highest BCUT2D eigenvalue weighted by atomic mass is 15.2. The van der Waals surface area contributed by atoms with Gasteiger partial charge in [0.25, 0.3) is 0 Å². The lowest BCUT2D eigenvalue weighted by Gasteiger charge is -2.25. The molecule has 0 amide bonds. The highest BCUT2D eigenvalue weighted by Crippen LogP contribution is 2.39. The smallest absolute Gasteiger partial charge is 0.163 e. The van der Waals surface area contributed by atoms with E-state index in [1.165, 1.54) is 27.2 Å². The van der Waals surface area contributed by atoms with Gasteiger partial charge in [0, 0.05) is 50.2 Å².